The van der Waals surface area contributed by atoms with Crippen LogP contribution < -0.4 is 5.32 Å². The average Bonchev–Trinajstić information content (AvgIpc) is 2.92. The number of halogens is 1. The minimum absolute atomic E-state index is 0.157. The molecule has 0 saturated carbocycles. The largest absolute Gasteiger partial charge is 0.346 e. The van der Waals surface area contributed by atoms with Crippen molar-refractivity contribution in [1.29, 1.82) is 0 Å². The third-order valence-corrected chi connectivity index (χ3v) is 3.92. The van der Waals surface area contributed by atoms with Crippen molar-refractivity contribution in [3.63, 3.8) is 0 Å². The fourth-order valence-electron chi connectivity index (χ4n) is 2.58. The second-order valence-corrected chi connectivity index (χ2v) is 6.13. The first kappa shape index (κ1) is 15.6. The van der Waals surface area contributed by atoms with Crippen molar-refractivity contribution < 1.29 is 4.79 Å². The van der Waals surface area contributed by atoms with E-state index in [0.717, 1.165) is 16.6 Å². The maximum absolute atomic E-state index is 12.2. The minimum atomic E-state index is -0.157. The summed E-state index contributed by atoms with van der Waals surface area (Å²) in [5, 5.41) is 9.17. The lowest BCUT2D eigenvalue weighted by molar-refractivity contribution is 0.0950. The van der Waals surface area contributed by atoms with Gasteiger partial charge in [0, 0.05) is 22.0 Å². The fraction of sp³-hybridized carbons (Fsp3) is 0.222. The quantitative estimate of drug-likeness (QED) is 0.780. The van der Waals surface area contributed by atoms with Crippen LogP contribution >= 0.6 is 11.6 Å². The second kappa shape index (κ2) is 6.42. The van der Waals surface area contributed by atoms with E-state index in [1.807, 2.05) is 28.9 Å². The Morgan fingerprint density at radius 3 is 2.74 bits per heavy atom. The van der Waals surface area contributed by atoms with Gasteiger partial charge in [-0.05, 0) is 38.1 Å². The Kier molecular flexibility index (Phi) is 4.35. The van der Waals surface area contributed by atoms with Crippen molar-refractivity contribution in [1.82, 2.24) is 15.1 Å². The third-order valence-electron chi connectivity index (χ3n) is 3.68. The monoisotopic (exact) mass is 327 g/mol. The molecule has 0 unspecified atom stereocenters. The highest BCUT2D eigenvalue weighted by Gasteiger charge is 2.13. The van der Waals surface area contributed by atoms with Gasteiger partial charge in [-0.2, -0.15) is 5.10 Å². The molecule has 1 aromatic heterocycles. The zero-order valence-electron chi connectivity index (χ0n) is 13.1. The molecule has 3 aromatic rings. The Labute approximate surface area is 140 Å². The van der Waals surface area contributed by atoms with E-state index in [9.17, 15) is 4.79 Å². The standard InChI is InChI=1S/C18H18ClN3O/c1-12(2)22-17-9-4-3-8-15(17)16(21-22)11-20-18(23)13-6-5-7-14(19)10-13/h3-10,12H,11H2,1-2H3,(H,20,23). The molecule has 0 fully saturated rings. The van der Waals surface area contributed by atoms with Crippen LogP contribution in [-0.2, 0) is 6.54 Å². The zero-order valence-corrected chi connectivity index (χ0v) is 13.8. The Balaban J connectivity index is 1.83. The SMILES string of the molecule is CC(C)n1nc(CNC(=O)c2cccc(Cl)c2)c2ccccc21. The maximum atomic E-state index is 12.2. The predicted octanol–water partition coefficient (Wildman–Crippen LogP) is 4.20. The number of carbonyl (C=O) groups is 1. The molecule has 0 bridgehead atoms. The van der Waals surface area contributed by atoms with Gasteiger partial charge in [-0.3, -0.25) is 9.48 Å². The first-order valence-electron chi connectivity index (χ1n) is 7.56. The summed E-state index contributed by atoms with van der Waals surface area (Å²) in [6.07, 6.45) is 0. The molecule has 0 atom stereocenters. The summed E-state index contributed by atoms with van der Waals surface area (Å²) in [5.41, 5.74) is 2.49. The summed E-state index contributed by atoms with van der Waals surface area (Å²) < 4.78 is 1.98. The number of nitrogens with zero attached hydrogens (tertiary/aromatic N) is 2. The zero-order chi connectivity index (χ0) is 16.4. The summed E-state index contributed by atoms with van der Waals surface area (Å²) in [6.45, 7) is 4.56. The summed E-state index contributed by atoms with van der Waals surface area (Å²) in [6, 6.07) is 15.2. The molecule has 1 N–H and O–H groups in total. The van der Waals surface area contributed by atoms with Crippen LogP contribution in [0.1, 0.15) is 35.9 Å². The molecular formula is C18H18ClN3O. The van der Waals surface area contributed by atoms with E-state index >= 15 is 0 Å². The molecule has 5 heteroatoms. The Morgan fingerprint density at radius 2 is 2.00 bits per heavy atom. The van der Waals surface area contributed by atoms with Crippen LogP contribution in [0.15, 0.2) is 48.5 Å². The predicted molar refractivity (Wildman–Crippen MR) is 92.7 cm³/mol. The Hall–Kier alpha value is -2.33. The van der Waals surface area contributed by atoms with Gasteiger partial charge in [-0.1, -0.05) is 35.9 Å². The van der Waals surface area contributed by atoms with Gasteiger partial charge < -0.3 is 5.32 Å². The van der Waals surface area contributed by atoms with Gasteiger partial charge in [0.1, 0.15) is 0 Å². The van der Waals surface area contributed by atoms with E-state index in [0.29, 0.717) is 17.1 Å². The number of nitrogens with one attached hydrogen (secondary N) is 1. The van der Waals surface area contributed by atoms with E-state index in [1.165, 1.54) is 0 Å². The van der Waals surface area contributed by atoms with Crippen LogP contribution in [0.2, 0.25) is 5.02 Å². The van der Waals surface area contributed by atoms with Crippen molar-refractivity contribution in [2.24, 2.45) is 0 Å². The van der Waals surface area contributed by atoms with Gasteiger partial charge >= 0.3 is 0 Å². The Morgan fingerprint density at radius 1 is 1.22 bits per heavy atom. The van der Waals surface area contributed by atoms with E-state index in [1.54, 1.807) is 24.3 Å². The molecule has 3 rings (SSSR count). The van der Waals surface area contributed by atoms with Gasteiger partial charge in [0.15, 0.2) is 0 Å². The molecule has 1 heterocycles. The summed E-state index contributed by atoms with van der Waals surface area (Å²) in [7, 11) is 0. The molecule has 0 aliphatic rings. The molecule has 0 aliphatic heterocycles. The highest BCUT2D eigenvalue weighted by Crippen LogP contribution is 2.21. The molecule has 0 aliphatic carbocycles. The van der Waals surface area contributed by atoms with E-state index in [4.69, 9.17) is 11.6 Å². The molecule has 118 valence electrons. The van der Waals surface area contributed by atoms with Gasteiger partial charge in [0.2, 0.25) is 0 Å². The first-order valence-corrected chi connectivity index (χ1v) is 7.94. The van der Waals surface area contributed by atoms with Crippen LogP contribution in [0, 0.1) is 0 Å². The number of rotatable bonds is 4. The summed E-state index contributed by atoms with van der Waals surface area (Å²) in [4.78, 5) is 12.2. The second-order valence-electron chi connectivity index (χ2n) is 5.70. The third kappa shape index (κ3) is 3.22. The van der Waals surface area contributed by atoms with Crippen LogP contribution in [0.4, 0.5) is 0 Å². The van der Waals surface area contributed by atoms with Crippen LogP contribution in [0.5, 0.6) is 0 Å². The maximum Gasteiger partial charge on any atom is 0.251 e. The lowest BCUT2D eigenvalue weighted by atomic mass is 10.2. The molecule has 1 amide bonds. The number of benzene rings is 2. The van der Waals surface area contributed by atoms with Gasteiger partial charge in [0.25, 0.3) is 5.91 Å². The average molecular weight is 328 g/mol. The van der Waals surface area contributed by atoms with Crippen molar-refractivity contribution in [3.05, 3.63) is 64.8 Å². The van der Waals surface area contributed by atoms with Crippen LogP contribution in [0.25, 0.3) is 10.9 Å². The minimum Gasteiger partial charge on any atom is -0.346 e. The number of para-hydroxylation sites is 1. The number of carbonyl (C=O) groups excluding carboxylic acids is 1. The molecule has 0 radical (unpaired) electrons. The lowest BCUT2D eigenvalue weighted by Crippen LogP contribution is -2.23. The molecule has 0 spiro atoms. The van der Waals surface area contributed by atoms with Gasteiger partial charge in [-0.25, -0.2) is 0 Å². The number of hydrogen-bond donors (Lipinski definition) is 1. The highest BCUT2D eigenvalue weighted by atomic mass is 35.5. The van der Waals surface area contributed by atoms with Gasteiger partial charge in [0.05, 0.1) is 17.8 Å². The first-order chi connectivity index (χ1) is 11.1. The Bertz CT molecular complexity index is 854. The van der Waals surface area contributed by atoms with Crippen molar-refractivity contribution >= 4 is 28.4 Å². The molecule has 0 saturated heterocycles. The summed E-state index contributed by atoms with van der Waals surface area (Å²) in [5.74, 6) is -0.157. The van der Waals surface area contributed by atoms with Crippen LogP contribution in [-0.4, -0.2) is 15.7 Å². The van der Waals surface area contributed by atoms with E-state index < -0.39 is 0 Å². The number of aromatic nitrogens is 2. The number of amides is 1. The lowest BCUT2D eigenvalue weighted by Gasteiger charge is -2.06. The van der Waals surface area contributed by atoms with Crippen molar-refractivity contribution in [2.75, 3.05) is 0 Å². The number of hydrogen-bond acceptors (Lipinski definition) is 2. The molecule has 2 aromatic carbocycles. The molecular weight excluding hydrogens is 310 g/mol. The van der Waals surface area contributed by atoms with Crippen molar-refractivity contribution in [2.45, 2.75) is 26.4 Å². The molecule has 23 heavy (non-hydrogen) atoms. The summed E-state index contributed by atoms with van der Waals surface area (Å²) >= 11 is 5.93. The van der Waals surface area contributed by atoms with Crippen LogP contribution in [0.3, 0.4) is 0 Å². The molecule has 4 nitrogen and oxygen atoms in total. The van der Waals surface area contributed by atoms with E-state index in [-0.39, 0.29) is 11.9 Å². The highest BCUT2D eigenvalue weighted by molar-refractivity contribution is 6.30. The normalized spacial score (nSPS) is 11.1. The van der Waals surface area contributed by atoms with Crippen molar-refractivity contribution in [3.8, 4) is 0 Å². The smallest absolute Gasteiger partial charge is 0.251 e. The number of fused-ring (bicyclic) bond motifs is 1. The topological polar surface area (TPSA) is 46.9 Å². The van der Waals surface area contributed by atoms with E-state index in [2.05, 4.69) is 24.3 Å². The van der Waals surface area contributed by atoms with Gasteiger partial charge in [-0.15, -0.1) is 0 Å². The fourth-order valence-corrected chi connectivity index (χ4v) is 2.77.